The summed E-state index contributed by atoms with van der Waals surface area (Å²) in [4.78, 5) is -0.145. The summed E-state index contributed by atoms with van der Waals surface area (Å²) in [5.41, 5.74) is 5.71. The molecule has 0 saturated heterocycles. The second-order valence-corrected chi connectivity index (χ2v) is 7.51. The Morgan fingerprint density at radius 3 is 2.57 bits per heavy atom. The maximum atomic E-state index is 13.6. The van der Waals surface area contributed by atoms with E-state index in [0.29, 0.717) is 12.5 Å². The summed E-state index contributed by atoms with van der Waals surface area (Å²) in [6.07, 6.45) is 2.75. The Morgan fingerprint density at radius 2 is 2.00 bits per heavy atom. The lowest BCUT2D eigenvalue weighted by atomic mass is 10.1. The van der Waals surface area contributed by atoms with Gasteiger partial charge in [0.1, 0.15) is 5.82 Å². The lowest BCUT2D eigenvalue weighted by Gasteiger charge is -2.10. The highest BCUT2D eigenvalue weighted by Gasteiger charge is 2.18. The van der Waals surface area contributed by atoms with Gasteiger partial charge in [-0.2, -0.15) is 0 Å². The maximum Gasteiger partial charge on any atom is 0.240 e. The van der Waals surface area contributed by atoms with Crippen molar-refractivity contribution in [3.05, 3.63) is 28.5 Å². The molecule has 0 aliphatic rings. The fourth-order valence-electron chi connectivity index (χ4n) is 1.89. The first-order valence-corrected chi connectivity index (χ1v) is 8.81. The number of benzene rings is 1. The van der Waals surface area contributed by atoms with Gasteiger partial charge in [0.05, 0.1) is 9.92 Å². The van der Waals surface area contributed by atoms with Crippen molar-refractivity contribution in [3.8, 4) is 0 Å². The van der Waals surface area contributed by atoms with Crippen molar-refractivity contribution in [2.45, 2.75) is 44.6 Å². The van der Waals surface area contributed by atoms with Crippen molar-refractivity contribution in [2.24, 2.45) is 11.7 Å². The lowest BCUT2D eigenvalue weighted by molar-refractivity contribution is 0.530. The molecule has 4 nitrogen and oxygen atoms in total. The van der Waals surface area contributed by atoms with Crippen LogP contribution in [-0.2, 0) is 16.6 Å². The Hall–Kier alpha value is -0.690. The molecule has 0 aromatic heterocycles. The standard InChI is InChI=1S/C14H22ClFN2O2S/c1-10(2)5-3-4-6-18-21(19,20)12-7-11(9-17)14(15)13(16)8-12/h7-8,10,18H,3-6,9,17H2,1-2H3. The molecule has 7 heteroatoms. The van der Waals surface area contributed by atoms with E-state index in [-0.39, 0.29) is 22.0 Å². The number of halogens is 2. The van der Waals surface area contributed by atoms with Crippen molar-refractivity contribution < 1.29 is 12.8 Å². The van der Waals surface area contributed by atoms with Gasteiger partial charge >= 0.3 is 0 Å². The van der Waals surface area contributed by atoms with Crippen LogP contribution in [0, 0.1) is 11.7 Å². The van der Waals surface area contributed by atoms with Gasteiger partial charge in [0.2, 0.25) is 10.0 Å². The molecule has 0 fully saturated rings. The van der Waals surface area contributed by atoms with Gasteiger partial charge in [0.15, 0.2) is 0 Å². The molecule has 120 valence electrons. The molecule has 0 radical (unpaired) electrons. The van der Waals surface area contributed by atoms with Crippen molar-refractivity contribution in [2.75, 3.05) is 6.54 Å². The van der Waals surface area contributed by atoms with Crippen molar-refractivity contribution in [3.63, 3.8) is 0 Å². The van der Waals surface area contributed by atoms with Crippen LogP contribution in [-0.4, -0.2) is 15.0 Å². The zero-order valence-corrected chi connectivity index (χ0v) is 13.9. The van der Waals surface area contributed by atoms with Gasteiger partial charge in [0.25, 0.3) is 0 Å². The largest absolute Gasteiger partial charge is 0.326 e. The molecule has 0 spiro atoms. The lowest BCUT2D eigenvalue weighted by Crippen LogP contribution is -2.25. The van der Waals surface area contributed by atoms with Crippen LogP contribution in [0.25, 0.3) is 0 Å². The molecule has 3 N–H and O–H groups in total. The Balaban J connectivity index is 2.72. The highest BCUT2D eigenvalue weighted by molar-refractivity contribution is 7.89. The summed E-state index contributed by atoms with van der Waals surface area (Å²) in [6.45, 7) is 4.55. The molecule has 1 rings (SSSR count). The summed E-state index contributed by atoms with van der Waals surface area (Å²) >= 11 is 5.72. The third-order valence-corrected chi connectivity index (χ3v) is 4.97. The fourth-order valence-corrected chi connectivity index (χ4v) is 3.21. The molecule has 0 unspecified atom stereocenters. The first-order chi connectivity index (χ1) is 9.77. The Labute approximate surface area is 130 Å². The highest BCUT2D eigenvalue weighted by Crippen LogP contribution is 2.24. The number of hydrogen-bond acceptors (Lipinski definition) is 3. The van der Waals surface area contributed by atoms with Crippen LogP contribution in [0.2, 0.25) is 5.02 Å². The van der Waals surface area contributed by atoms with E-state index in [0.717, 1.165) is 25.3 Å². The summed E-state index contributed by atoms with van der Waals surface area (Å²) < 4.78 is 40.3. The van der Waals surface area contributed by atoms with E-state index < -0.39 is 15.8 Å². The Kier molecular flexibility index (Phi) is 7.06. The molecule has 0 amide bonds. The van der Waals surface area contributed by atoms with Crippen LogP contribution in [0.1, 0.15) is 38.7 Å². The molecular weight excluding hydrogens is 315 g/mol. The van der Waals surface area contributed by atoms with Gasteiger partial charge in [-0.3, -0.25) is 0 Å². The molecule has 0 atom stereocenters. The minimum absolute atomic E-state index is 0.0203. The van der Waals surface area contributed by atoms with E-state index in [2.05, 4.69) is 18.6 Å². The third-order valence-electron chi connectivity index (χ3n) is 3.11. The number of hydrogen-bond donors (Lipinski definition) is 2. The third kappa shape index (κ3) is 5.54. The number of nitrogens with two attached hydrogens (primary N) is 1. The molecule has 0 bridgehead atoms. The average molecular weight is 337 g/mol. The van der Waals surface area contributed by atoms with E-state index in [1.807, 2.05) is 0 Å². The Morgan fingerprint density at radius 1 is 1.33 bits per heavy atom. The SMILES string of the molecule is CC(C)CCCCNS(=O)(=O)c1cc(F)c(Cl)c(CN)c1. The van der Waals surface area contributed by atoms with Gasteiger partial charge in [-0.25, -0.2) is 17.5 Å². The van der Waals surface area contributed by atoms with Crippen molar-refractivity contribution >= 4 is 21.6 Å². The van der Waals surface area contributed by atoms with Crippen molar-refractivity contribution in [1.29, 1.82) is 0 Å². The summed E-state index contributed by atoms with van der Waals surface area (Å²) in [5, 5.41) is -0.131. The minimum Gasteiger partial charge on any atom is -0.326 e. The normalized spacial score (nSPS) is 12.1. The Bertz CT molecular complexity index is 577. The quantitative estimate of drug-likeness (QED) is 0.717. The van der Waals surface area contributed by atoms with Crippen LogP contribution < -0.4 is 10.5 Å². The zero-order chi connectivity index (χ0) is 16.0. The van der Waals surface area contributed by atoms with E-state index in [1.165, 1.54) is 6.07 Å². The summed E-state index contributed by atoms with van der Waals surface area (Å²) in [7, 11) is -3.74. The van der Waals surface area contributed by atoms with E-state index in [1.54, 1.807) is 0 Å². The van der Waals surface area contributed by atoms with E-state index in [4.69, 9.17) is 17.3 Å². The first-order valence-electron chi connectivity index (χ1n) is 6.95. The zero-order valence-electron chi connectivity index (χ0n) is 12.3. The van der Waals surface area contributed by atoms with Crippen LogP contribution in [0.4, 0.5) is 4.39 Å². The molecule has 0 aliphatic heterocycles. The molecule has 0 saturated carbocycles. The topological polar surface area (TPSA) is 72.2 Å². The van der Waals surface area contributed by atoms with Crippen molar-refractivity contribution in [1.82, 2.24) is 4.72 Å². The molecule has 0 aliphatic carbocycles. The van der Waals surface area contributed by atoms with Gasteiger partial charge in [0, 0.05) is 13.1 Å². The predicted octanol–water partition coefficient (Wildman–Crippen LogP) is 3.04. The molecule has 21 heavy (non-hydrogen) atoms. The maximum absolute atomic E-state index is 13.6. The molecule has 0 heterocycles. The second-order valence-electron chi connectivity index (χ2n) is 5.37. The van der Waals surface area contributed by atoms with Gasteiger partial charge < -0.3 is 5.73 Å². The van der Waals surface area contributed by atoms with Crippen LogP contribution >= 0.6 is 11.6 Å². The smallest absolute Gasteiger partial charge is 0.240 e. The van der Waals surface area contributed by atoms with Crippen LogP contribution in [0.15, 0.2) is 17.0 Å². The van der Waals surface area contributed by atoms with E-state index >= 15 is 0 Å². The molecular formula is C14H22ClFN2O2S. The number of nitrogens with one attached hydrogen (secondary N) is 1. The van der Waals surface area contributed by atoms with Gasteiger partial charge in [-0.15, -0.1) is 0 Å². The second kappa shape index (κ2) is 8.08. The van der Waals surface area contributed by atoms with E-state index in [9.17, 15) is 12.8 Å². The number of sulfonamides is 1. The molecule has 1 aromatic carbocycles. The van der Waals surface area contributed by atoms with Crippen LogP contribution in [0.5, 0.6) is 0 Å². The summed E-state index contributed by atoms with van der Waals surface area (Å²) in [5.74, 6) is -0.182. The van der Waals surface area contributed by atoms with Crippen LogP contribution in [0.3, 0.4) is 0 Å². The minimum atomic E-state index is -3.74. The average Bonchev–Trinajstić information content (AvgIpc) is 2.40. The first kappa shape index (κ1) is 18.4. The number of unbranched alkanes of at least 4 members (excludes halogenated alkanes) is 1. The number of rotatable bonds is 8. The molecule has 1 aromatic rings. The van der Waals surface area contributed by atoms with Gasteiger partial charge in [-0.1, -0.05) is 38.3 Å². The fraction of sp³-hybridized carbons (Fsp3) is 0.571. The van der Waals surface area contributed by atoms with Gasteiger partial charge in [-0.05, 0) is 30.0 Å². The summed E-state index contributed by atoms with van der Waals surface area (Å²) in [6, 6.07) is 2.22. The predicted molar refractivity (Wildman–Crippen MR) is 83.2 cm³/mol. The highest BCUT2D eigenvalue weighted by atomic mass is 35.5. The monoisotopic (exact) mass is 336 g/mol.